The molecular weight excluding hydrogens is 238 g/mol. The average Bonchev–Trinajstić information content (AvgIpc) is 3.14. The van der Waals surface area contributed by atoms with Crippen molar-refractivity contribution in [3.63, 3.8) is 0 Å². The first-order chi connectivity index (χ1) is 8.94. The lowest BCUT2D eigenvalue weighted by atomic mass is 9.98. The highest BCUT2D eigenvalue weighted by atomic mass is 16.4. The van der Waals surface area contributed by atoms with Gasteiger partial charge in [0.15, 0.2) is 0 Å². The van der Waals surface area contributed by atoms with Crippen LogP contribution < -0.4 is 0 Å². The number of rotatable bonds is 6. The van der Waals surface area contributed by atoms with E-state index in [2.05, 4.69) is 25.8 Å². The molecule has 0 spiro atoms. The maximum atomic E-state index is 11.2. The van der Waals surface area contributed by atoms with Gasteiger partial charge in [-0.15, -0.1) is 0 Å². The molecule has 0 aliphatic heterocycles. The van der Waals surface area contributed by atoms with Crippen molar-refractivity contribution in [3.05, 3.63) is 35.4 Å². The van der Waals surface area contributed by atoms with Gasteiger partial charge in [-0.1, -0.05) is 25.1 Å². The molecule has 1 aliphatic rings. The fraction of sp³-hybridized carbons (Fsp3) is 0.562. The third-order valence-electron chi connectivity index (χ3n) is 4.69. The predicted molar refractivity (Wildman–Crippen MR) is 76.5 cm³/mol. The Morgan fingerprint density at radius 1 is 1.42 bits per heavy atom. The van der Waals surface area contributed by atoms with Crippen LogP contribution in [0.3, 0.4) is 0 Å². The van der Waals surface area contributed by atoms with Crippen LogP contribution >= 0.6 is 0 Å². The van der Waals surface area contributed by atoms with Crippen molar-refractivity contribution in [3.8, 4) is 0 Å². The fourth-order valence-corrected chi connectivity index (χ4v) is 2.58. The molecule has 1 unspecified atom stereocenters. The van der Waals surface area contributed by atoms with Gasteiger partial charge in [0.25, 0.3) is 0 Å². The fourth-order valence-electron chi connectivity index (χ4n) is 2.58. The molecule has 1 aromatic carbocycles. The number of carbonyl (C=O) groups is 1. The van der Waals surface area contributed by atoms with E-state index in [1.807, 2.05) is 12.1 Å². The number of hydrogen-bond acceptors (Lipinski definition) is 2. The Balaban J connectivity index is 1.97. The molecule has 1 aromatic rings. The predicted octanol–water partition coefficient (Wildman–Crippen LogP) is 3.05. The molecule has 0 amide bonds. The van der Waals surface area contributed by atoms with Gasteiger partial charge in [0.1, 0.15) is 0 Å². The summed E-state index contributed by atoms with van der Waals surface area (Å²) in [5.41, 5.74) is 1.83. The Kier molecular flexibility index (Phi) is 3.95. The van der Waals surface area contributed by atoms with Gasteiger partial charge >= 0.3 is 5.97 Å². The first kappa shape index (κ1) is 14.1. The third-order valence-corrected chi connectivity index (χ3v) is 4.69. The van der Waals surface area contributed by atoms with Crippen LogP contribution in [0, 0.1) is 5.41 Å². The van der Waals surface area contributed by atoms with Crippen LogP contribution in [0.1, 0.15) is 42.6 Å². The van der Waals surface area contributed by atoms with Gasteiger partial charge in [0.2, 0.25) is 0 Å². The van der Waals surface area contributed by atoms with Crippen LogP contribution in [-0.2, 0) is 6.42 Å². The molecule has 3 nitrogen and oxygen atoms in total. The topological polar surface area (TPSA) is 40.5 Å². The summed E-state index contributed by atoms with van der Waals surface area (Å²) in [4.78, 5) is 13.5. The number of aromatic carboxylic acids is 1. The van der Waals surface area contributed by atoms with Crippen LogP contribution in [-0.4, -0.2) is 35.6 Å². The number of nitrogens with zero attached hydrogens (tertiary/aromatic N) is 1. The van der Waals surface area contributed by atoms with Crippen molar-refractivity contribution in [1.82, 2.24) is 4.90 Å². The molecule has 19 heavy (non-hydrogen) atoms. The molecule has 1 fully saturated rings. The zero-order chi connectivity index (χ0) is 14.0. The molecule has 0 saturated heterocycles. The van der Waals surface area contributed by atoms with E-state index in [0.29, 0.717) is 17.0 Å². The van der Waals surface area contributed by atoms with Gasteiger partial charge in [0.05, 0.1) is 5.56 Å². The molecule has 1 aliphatic carbocycles. The smallest absolute Gasteiger partial charge is 0.335 e. The van der Waals surface area contributed by atoms with Gasteiger partial charge in [0, 0.05) is 12.6 Å². The first-order valence-electron chi connectivity index (χ1n) is 6.95. The molecule has 0 bridgehead atoms. The first-order valence-corrected chi connectivity index (χ1v) is 6.95. The lowest BCUT2D eigenvalue weighted by molar-refractivity contribution is 0.0695. The minimum atomic E-state index is -0.833. The van der Waals surface area contributed by atoms with Crippen LogP contribution in [0.25, 0.3) is 0 Å². The van der Waals surface area contributed by atoms with E-state index < -0.39 is 5.97 Å². The maximum absolute atomic E-state index is 11.2. The van der Waals surface area contributed by atoms with E-state index in [9.17, 15) is 4.79 Å². The van der Waals surface area contributed by atoms with E-state index in [-0.39, 0.29) is 0 Å². The minimum Gasteiger partial charge on any atom is -0.478 e. The number of hydrogen-bond donors (Lipinski definition) is 1. The van der Waals surface area contributed by atoms with E-state index in [0.717, 1.165) is 18.5 Å². The Hall–Kier alpha value is -1.35. The standard InChI is InChI=1S/C16H23NO2/c1-12(16(2)9-10-16)17(3)11-8-13-6-4-5-7-14(13)15(18)19/h4-7,12H,8-11H2,1-3H3,(H,18,19). The summed E-state index contributed by atoms with van der Waals surface area (Å²) in [7, 11) is 2.14. The summed E-state index contributed by atoms with van der Waals surface area (Å²) in [6.45, 7) is 5.51. The normalized spacial score (nSPS) is 18.3. The molecule has 2 rings (SSSR count). The highest BCUT2D eigenvalue weighted by molar-refractivity contribution is 5.89. The molecule has 1 N–H and O–H groups in total. The van der Waals surface area contributed by atoms with Crippen LogP contribution in [0.15, 0.2) is 24.3 Å². The quantitative estimate of drug-likeness (QED) is 0.855. The monoisotopic (exact) mass is 261 g/mol. The molecule has 1 atom stereocenters. The highest BCUT2D eigenvalue weighted by Gasteiger charge is 2.43. The van der Waals surface area contributed by atoms with E-state index in [4.69, 9.17) is 5.11 Å². The summed E-state index contributed by atoms with van der Waals surface area (Å²) in [6.07, 6.45) is 3.41. The van der Waals surface area contributed by atoms with Crippen molar-refractivity contribution in [2.75, 3.05) is 13.6 Å². The number of likely N-dealkylation sites (N-methyl/N-ethyl adjacent to an activating group) is 1. The van der Waals surface area contributed by atoms with Gasteiger partial charge in [-0.05, 0) is 50.3 Å². The SMILES string of the molecule is CC(N(C)CCc1ccccc1C(=O)O)C1(C)CC1. The van der Waals surface area contributed by atoms with E-state index >= 15 is 0 Å². The Morgan fingerprint density at radius 2 is 2.05 bits per heavy atom. The minimum absolute atomic E-state index is 0.432. The lowest BCUT2D eigenvalue weighted by Gasteiger charge is -2.30. The second kappa shape index (κ2) is 5.33. The van der Waals surface area contributed by atoms with Gasteiger partial charge in [-0.25, -0.2) is 4.79 Å². The van der Waals surface area contributed by atoms with Crippen LogP contribution in [0.2, 0.25) is 0 Å². The molecule has 0 aromatic heterocycles. The van der Waals surface area contributed by atoms with Gasteiger partial charge < -0.3 is 10.0 Å². The van der Waals surface area contributed by atoms with Crippen LogP contribution in [0.4, 0.5) is 0 Å². The zero-order valence-electron chi connectivity index (χ0n) is 12.0. The second-order valence-corrected chi connectivity index (χ2v) is 6.02. The Labute approximate surface area is 115 Å². The molecule has 0 radical (unpaired) electrons. The molecular formula is C16H23NO2. The molecule has 1 saturated carbocycles. The van der Waals surface area contributed by atoms with Gasteiger partial charge in [-0.2, -0.15) is 0 Å². The van der Waals surface area contributed by atoms with Crippen molar-refractivity contribution in [1.29, 1.82) is 0 Å². The second-order valence-electron chi connectivity index (χ2n) is 6.02. The maximum Gasteiger partial charge on any atom is 0.335 e. The summed E-state index contributed by atoms with van der Waals surface area (Å²) in [5.74, 6) is -0.833. The molecule has 0 heterocycles. The lowest BCUT2D eigenvalue weighted by Crippen LogP contribution is -2.36. The third kappa shape index (κ3) is 3.16. The Bertz CT molecular complexity index is 466. The molecule has 104 valence electrons. The van der Waals surface area contributed by atoms with Crippen molar-refractivity contribution in [2.24, 2.45) is 5.41 Å². The summed E-state index contributed by atoms with van der Waals surface area (Å²) < 4.78 is 0. The van der Waals surface area contributed by atoms with Crippen molar-refractivity contribution in [2.45, 2.75) is 39.2 Å². The summed E-state index contributed by atoms with van der Waals surface area (Å²) in [5, 5.41) is 9.17. The summed E-state index contributed by atoms with van der Waals surface area (Å²) in [6, 6.07) is 7.85. The molecule has 3 heteroatoms. The Morgan fingerprint density at radius 3 is 2.63 bits per heavy atom. The summed E-state index contributed by atoms with van der Waals surface area (Å²) >= 11 is 0. The van der Waals surface area contributed by atoms with E-state index in [1.165, 1.54) is 12.8 Å². The van der Waals surface area contributed by atoms with Crippen LogP contribution in [0.5, 0.6) is 0 Å². The number of carboxylic acids is 1. The number of benzene rings is 1. The van der Waals surface area contributed by atoms with Gasteiger partial charge in [-0.3, -0.25) is 0 Å². The van der Waals surface area contributed by atoms with Crippen molar-refractivity contribution >= 4 is 5.97 Å². The average molecular weight is 261 g/mol. The largest absolute Gasteiger partial charge is 0.478 e. The van der Waals surface area contributed by atoms with E-state index in [1.54, 1.807) is 12.1 Å². The zero-order valence-corrected chi connectivity index (χ0v) is 12.0. The highest BCUT2D eigenvalue weighted by Crippen LogP contribution is 2.49. The number of carboxylic acid groups (broad SMARTS) is 1. The van der Waals surface area contributed by atoms with Crippen molar-refractivity contribution < 1.29 is 9.90 Å².